The molecule has 1 N–H and O–H groups in total. The van der Waals surface area contributed by atoms with Crippen molar-refractivity contribution in [2.45, 2.75) is 25.5 Å². The smallest absolute Gasteiger partial charge is 0.328 e. The van der Waals surface area contributed by atoms with Crippen LogP contribution >= 0.6 is 0 Å². The largest absolute Gasteiger partial charge is 0.459 e. The highest BCUT2D eigenvalue weighted by molar-refractivity contribution is 5.78. The van der Waals surface area contributed by atoms with E-state index < -0.39 is 0 Å². The van der Waals surface area contributed by atoms with Gasteiger partial charge in [0.25, 0.3) is 0 Å². The van der Waals surface area contributed by atoms with Crippen LogP contribution in [-0.2, 0) is 20.7 Å². The predicted molar refractivity (Wildman–Crippen MR) is 68.3 cm³/mol. The highest BCUT2D eigenvalue weighted by atomic mass is 16.6. The summed E-state index contributed by atoms with van der Waals surface area (Å²) < 4.78 is 10.3. The average Bonchev–Trinajstić information content (AvgIpc) is 2.38. The summed E-state index contributed by atoms with van der Waals surface area (Å²) in [6.45, 7) is 3.05. The first-order valence-corrected chi connectivity index (χ1v) is 6.23. The Morgan fingerprint density at radius 2 is 2.28 bits per heavy atom. The molecule has 0 aromatic heterocycles. The number of methoxy groups -OCH3 is 1. The third-order valence-electron chi connectivity index (χ3n) is 3.06. The molecule has 0 bridgehead atoms. The fraction of sp³-hybridized carbons (Fsp3) is 0.500. The summed E-state index contributed by atoms with van der Waals surface area (Å²) in [5.74, 6) is -0.230. The second kappa shape index (κ2) is 5.98. The Balaban J connectivity index is 2.08. The second-order valence-corrected chi connectivity index (χ2v) is 4.54. The maximum atomic E-state index is 12.1. The summed E-state index contributed by atoms with van der Waals surface area (Å²) in [5, 5.41) is 3.21. The zero-order valence-corrected chi connectivity index (χ0v) is 10.8. The summed E-state index contributed by atoms with van der Waals surface area (Å²) >= 11 is 0. The fourth-order valence-electron chi connectivity index (χ4n) is 2.25. The predicted octanol–water partition coefficient (Wildman–Crippen LogP) is 1.45. The number of hydrogen-bond donors (Lipinski definition) is 1. The molecule has 0 saturated carbocycles. The molecule has 0 radical (unpaired) electrons. The number of rotatable bonds is 4. The van der Waals surface area contributed by atoms with Crippen molar-refractivity contribution in [3.8, 4) is 0 Å². The minimum atomic E-state index is -0.353. The summed E-state index contributed by atoms with van der Waals surface area (Å²) in [6.07, 6.45) is 0.728. The van der Waals surface area contributed by atoms with Crippen LogP contribution in [0.15, 0.2) is 24.3 Å². The van der Waals surface area contributed by atoms with Crippen molar-refractivity contribution in [2.75, 3.05) is 20.3 Å². The van der Waals surface area contributed by atoms with Crippen molar-refractivity contribution in [2.24, 2.45) is 0 Å². The van der Waals surface area contributed by atoms with Crippen molar-refractivity contribution in [3.63, 3.8) is 0 Å². The average molecular weight is 249 g/mol. The van der Waals surface area contributed by atoms with E-state index in [4.69, 9.17) is 9.47 Å². The lowest BCUT2D eigenvalue weighted by atomic mass is 9.94. The Kier molecular flexibility index (Phi) is 4.33. The first-order chi connectivity index (χ1) is 8.72. The third kappa shape index (κ3) is 2.89. The zero-order chi connectivity index (χ0) is 13.0. The van der Waals surface area contributed by atoms with E-state index in [0.717, 1.165) is 18.5 Å². The van der Waals surface area contributed by atoms with Crippen molar-refractivity contribution in [1.29, 1.82) is 0 Å². The van der Waals surface area contributed by atoms with Crippen LogP contribution in [0, 0.1) is 0 Å². The maximum Gasteiger partial charge on any atom is 0.328 e. The lowest BCUT2D eigenvalue weighted by Crippen LogP contribution is -2.37. The van der Waals surface area contributed by atoms with Crippen LogP contribution in [-0.4, -0.2) is 32.3 Å². The number of fused-ring (bicyclic) bond motifs is 1. The molecular formula is C14H19NO3. The monoisotopic (exact) mass is 249 g/mol. The number of ether oxygens (including phenoxy) is 2. The van der Waals surface area contributed by atoms with Crippen LogP contribution in [0.5, 0.6) is 0 Å². The molecule has 1 aliphatic heterocycles. The van der Waals surface area contributed by atoms with Crippen LogP contribution in [0.1, 0.15) is 24.1 Å². The molecule has 18 heavy (non-hydrogen) atoms. The van der Waals surface area contributed by atoms with Gasteiger partial charge >= 0.3 is 5.97 Å². The topological polar surface area (TPSA) is 47.6 Å². The molecule has 2 rings (SSSR count). The lowest BCUT2D eigenvalue weighted by Gasteiger charge is -2.26. The third-order valence-corrected chi connectivity index (χ3v) is 3.06. The number of carbonyl (C=O) groups excluding carboxylic acids is 1. The van der Waals surface area contributed by atoms with Crippen LogP contribution in [0.4, 0.5) is 0 Å². The van der Waals surface area contributed by atoms with Gasteiger partial charge < -0.3 is 14.8 Å². The molecule has 98 valence electrons. The molecule has 1 heterocycles. The van der Waals surface area contributed by atoms with Gasteiger partial charge in [-0.15, -0.1) is 0 Å². The molecule has 0 spiro atoms. The highest BCUT2D eigenvalue weighted by Gasteiger charge is 2.28. The van der Waals surface area contributed by atoms with E-state index in [1.807, 2.05) is 25.1 Å². The van der Waals surface area contributed by atoms with Crippen LogP contribution in [0.3, 0.4) is 0 Å². The highest BCUT2D eigenvalue weighted by Crippen LogP contribution is 2.23. The van der Waals surface area contributed by atoms with Crippen LogP contribution < -0.4 is 5.32 Å². The van der Waals surface area contributed by atoms with Crippen molar-refractivity contribution < 1.29 is 14.3 Å². The van der Waals surface area contributed by atoms with Gasteiger partial charge in [-0.2, -0.15) is 0 Å². The zero-order valence-electron chi connectivity index (χ0n) is 10.8. The molecule has 1 aliphatic rings. The Labute approximate surface area is 107 Å². The van der Waals surface area contributed by atoms with Crippen LogP contribution in [0.25, 0.3) is 0 Å². The Morgan fingerprint density at radius 1 is 1.50 bits per heavy atom. The minimum Gasteiger partial charge on any atom is -0.459 e. The molecule has 4 nitrogen and oxygen atoms in total. The standard InChI is InChI=1S/C14H19NO3/c1-10(9-17-2)18-14(16)13-12-6-4-3-5-11(12)7-8-15-13/h3-6,10,13,15H,7-9H2,1-2H3. The normalized spacial score (nSPS) is 20.0. The van der Waals surface area contributed by atoms with Gasteiger partial charge in [0.15, 0.2) is 0 Å². The van der Waals surface area contributed by atoms with E-state index in [0.29, 0.717) is 6.61 Å². The number of benzene rings is 1. The minimum absolute atomic E-state index is 0.224. The van der Waals surface area contributed by atoms with Gasteiger partial charge in [0, 0.05) is 13.7 Å². The summed E-state index contributed by atoms with van der Waals surface area (Å²) in [7, 11) is 1.60. The van der Waals surface area contributed by atoms with Gasteiger partial charge in [-0.1, -0.05) is 24.3 Å². The SMILES string of the molecule is COCC(C)OC(=O)C1NCCc2ccccc21. The lowest BCUT2D eigenvalue weighted by molar-refractivity contribution is -0.153. The van der Waals surface area contributed by atoms with Gasteiger partial charge in [0.2, 0.25) is 0 Å². The molecule has 2 unspecified atom stereocenters. The number of carbonyl (C=O) groups is 1. The molecule has 0 saturated heterocycles. The summed E-state index contributed by atoms with van der Waals surface area (Å²) in [5.41, 5.74) is 2.25. The molecule has 0 fully saturated rings. The van der Waals surface area contributed by atoms with Gasteiger partial charge in [-0.05, 0) is 24.5 Å². The van der Waals surface area contributed by atoms with Gasteiger partial charge in [-0.25, -0.2) is 4.79 Å². The number of hydrogen-bond acceptors (Lipinski definition) is 4. The molecule has 4 heteroatoms. The van der Waals surface area contributed by atoms with E-state index in [1.165, 1.54) is 5.56 Å². The molecular weight excluding hydrogens is 230 g/mol. The Morgan fingerprint density at radius 3 is 3.06 bits per heavy atom. The molecule has 1 aromatic carbocycles. The first-order valence-electron chi connectivity index (χ1n) is 6.23. The fourth-order valence-corrected chi connectivity index (χ4v) is 2.25. The second-order valence-electron chi connectivity index (χ2n) is 4.54. The van der Waals surface area contributed by atoms with Gasteiger partial charge in [0.1, 0.15) is 12.1 Å². The van der Waals surface area contributed by atoms with Crippen molar-refractivity contribution in [3.05, 3.63) is 35.4 Å². The molecule has 0 amide bonds. The van der Waals surface area contributed by atoms with E-state index >= 15 is 0 Å². The van der Waals surface area contributed by atoms with Crippen molar-refractivity contribution in [1.82, 2.24) is 5.32 Å². The van der Waals surface area contributed by atoms with E-state index in [2.05, 4.69) is 11.4 Å². The van der Waals surface area contributed by atoms with Gasteiger partial charge in [0.05, 0.1) is 6.61 Å². The van der Waals surface area contributed by atoms with Crippen LogP contribution in [0.2, 0.25) is 0 Å². The molecule has 2 atom stereocenters. The first kappa shape index (κ1) is 13.1. The number of nitrogens with one attached hydrogen (secondary N) is 1. The number of esters is 1. The van der Waals surface area contributed by atoms with E-state index in [9.17, 15) is 4.79 Å². The Hall–Kier alpha value is -1.39. The summed E-state index contributed by atoms with van der Waals surface area (Å²) in [4.78, 5) is 12.1. The van der Waals surface area contributed by atoms with E-state index in [1.54, 1.807) is 7.11 Å². The Bertz CT molecular complexity index is 419. The molecule has 1 aromatic rings. The summed E-state index contributed by atoms with van der Waals surface area (Å²) in [6, 6.07) is 7.64. The van der Waals surface area contributed by atoms with Crippen molar-refractivity contribution >= 4 is 5.97 Å². The quantitative estimate of drug-likeness (QED) is 0.821. The molecule has 0 aliphatic carbocycles. The van der Waals surface area contributed by atoms with E-state index in [-0.39, 0.29) is 18.1 Å². The maximum absolute atomic E-state index is 12.1. The van der Waals surface area contributed by atoms with Gasteiger partial charge in [-0.3, -0.25) is 0 Å².